The number of hydrogen-bond donors (Lipinski definition) is 2. The van der Waals surface area contributed by atoms with Gasteiger partial charge < -0.3 is 11.1 Å². The molecule has 3 rings (SSSR count). The van der Waals surface area contributed by atoms with E-state index in [1.54, 1.807) is 0 Å². The van der Waals surface area contributed by atoms with Gasteiger partial charge in [-0.15, -0.1) is 0 Å². The molecule has 0 unspecified atom stereocenters. The molecule has 116 valence electrons. The fraction of sp³-hybridized carbons (Fsp3) is 0.438. The average Bonchev–Trinajstić information content (AvgIpc) is 2.74. The van der Waals surface area contributed by atoms with Crippen molar-refractivity contribution in [2.75, 3.05) is 11.1 Å². The summed E-state index contributed by atoms with van der Waals surface area (Å²) in [7, 11) is 0. The van der Waals surface area contributed by atoms with Gasteiger partial charge in [0.15, 0.2) is 12.0 Å². The van der Waals surface area contributed by atoms with E-state index in [1.165, 1.54) is 23.6 Å². The topological polar surface area (TPSA) is 76.7 Å². The van der Waals surface area contributed by atoms with Crippen LogP contribution in [0.25, 0.3) is 0 Å². The molecular weight excluding hydrogens is 281 g/mol. The maximum Gasteiger partial charge on any atom is 0.228 e. The molecule has 3 N–H and O–H groups in total. The number of nitrogen functional groups attached to an aromatic ring is 1. The van der Waals surface area contributed by atoms with Crippen molar-refractivity contribution in [3.8, 4) is 0 Å². The van der Waals surface area contributed by atoms with Crippen LogP contribution < -0.4 is 11.1 Å². The molecule has 22 heavy (non-hydrogen) atoms. The molecule has 0 radical (unpaired) electrons. The molecule has 6 heteroatoms. The molecule has 1 heterocycles. The summed E-state index contributed by atoms with van der Waals surface area (Å²) in [5, 5.41) is 3.30. The van der Waals surface area contributed by atoms with E-state index in [-0.39, 0.29) is 17.8 Å². The first-order chi connectivity index (χ1) is 10.4. The van der Waals surface area contributed by atoms with E-state index in [0.717, 1.165) is 6.42 Å². The Kier molecular flexibility index (Phi) is 3.68. The summed E-state index contributed by atoms with van der Waals surface area (Å²) in [5.41, 5.74) is 9.45. The molecule has 0 fully saturated rings. The highest BCUT2D eigenvalue weighted by molar-refractivity contribution is 5.44. The first kappa shape index (κ1) is 14.7. The number of anilines is 2. The Morgan fingerprint density at radius 2 is 2.09 bits per heavy atom. The quantitative estimate of drug-likeness (QED) is 0.910. The number of nitrogens with two attached hydrogens (primary N) is 1. The van der Waals surface area contributed by atoms with Gasteiger partial charge in [-0.05, 0) is 37.3 Å². The second-order valence-electron chi connectivity index (χ2n) is 6.00. The standard InChI is InChI=1S/C16H20FN5/c1-8-4-5-11-7-9(2)13(12(11)6-8)19-16-21-14(10(3)17)20-15(18)22-16/h4-6,9-10,13H,7H2,1-3H3,(H3,18,19,20,21,22)/t9-,10+,13-/m1/s1. The summed E-state index contributed by atoms with van der Waals surface area (Å²) >= 11 is 0. The molecule has 0 bridgehead atoms. The van der Waals surface area contributed by atoms with Crippen LogP contribution in [-0.2, 0) is 6.42 Å². The van der Waals surface area contributed by atoms with Gasteiger partial charge in [0, 0.05) is 0 Å². The normalized spacial score (nSPS) is 21.5. The fourth-order valence-corrected chi connectivity index (χ4v) is 2.97. The predicted octanol–water partition coefficient (Wildman–Crippen LogP) is 3.14. The summed E-state index contributed by atoms with van der Waals surface area (Å²) in [4.78, 5) is 12.1. The van der Waals surface area contributed by atoms with Crippen molar-refractivity contribution in [1.29, 1.82) is 0 Å². The van der Waals surface area contributed by atoms with Crippen molar-refractivity contribution in [3.05, 3.63) is 40.7 Å². The van der Waals surface area contributed by atoms with E-state index >= 15 is 0 Å². The molecule has 5 nitrogen and oxygen atoms in total. The van der Waals surface area contributed by atoms with E-state index in [4.69, 9.17) is 5.73 Å². The van der Waals surface area contributed by atoms with E-state index in [0.29, 0.717) is 11.9 Å². The number of fused-ring (bicyclic) bond motifs is 1. The molecule has 0 saturated heterocycles. The van der Waals surface area contributed by atoms with Crippen LogP contribution in [0.1, 0.15) is 48.6 Å². The molecule has 1 aliphatic carbocycles. The number of aryl methyl sites for hydroxylation is 1. The Morgan fingerprint density at radius 1 is 1.32 bits per heavy atom. The van der Waals surface area contributed by atoms with E-state index in [2.05, 4.69) is 52.3 Å². The van der Waals surface area contributed by atoms with Gasteiger partial charge in [-0.2, -0.15) is 15.0 Å². The third kappa shape index (κ3) is 2.73. The van der Waals surface area contributed by atoms with Crippen LogP contribution in [-0.4, -0.2) is 15.0 Å². The predicted molar refractivity (Wildman–Crippen MR) is 84.2 cm³/mol. The highest BCUT2D eigenvalue weighted by Crippen LogP contribution is 2.38. The van der Waals surface area contributed by atoms with Crippen molar-refractivity contribution in [2.24, 2.45) is 5.92 Å². The molecule has 1 aromatic heterocycles. The van der Waals surface area contributed by atoms with Crippen LogP contribution >= 0.6 is 0 Å². The van der Waals surface area contributed by atoms with Gasteiger partial charge in [-0.25, -0.2) is 4.39 Å². The Bertz CT molecular complexity index is 701. The first-order valence-electron chi connectivity index (χ1n) is 7.45. The fourth-order valence-electron chi connectivity index (χ4n) is 2.97. The van der Waals surface area contributed by atoms with Crippen molar-refractivity contribution in [3.63, 3.8) is 0 Å². The van der Waals surface area contributed by atoms with Gasteiger partial charge in [0.1, 0.15) is 0 Å². The molecule has 0 aliphatic heterocycles. The number of nitrogens with zero attached hydrogens (tertiary/aromatic N) is 3. The zero-order valence-electron chi connectivity index (χ0n) is 13.0. The maximum absolute atomic E-state index is 13.4. The smallest absolute Gasteiger partial charge is 0.228 e. The highest BCUT2D eigenvalue weighted by atomic mass is 19.1. The second-order valence-corrected chi connectivity index (χ2v) is 6.00. The van der Waals surface area contributed by atoms with Gasteiger partial charge in [0.05, 0.1) is 6.04 Å². The lowest BCUT2D eigenvalue weighted by Crippen LogP contribution is -2.18. The SMILES string of the molecule is Cc1ccc2c(c1)[C@H](Nc1nc(N)nc([C@H](C)F)n1)[C@H](C)C2. The summed E-state index contributed by atoms with van der Waals surface area (Å²) in [6.07, 6.45) is -0.276. The van der Waals surface area contributed by atoms with Crippen molar-refractivity contribution < 1.29 is 4.39 Å². The summed E-state index contributed by atoms with van der Waals surface area (Å²) in [5.74, 6) is 0.830. The number of alkyl halides is 1. The van der Waals surface area contributed by atoms with E-state index in [9.17, 15) is 4.39 Å². The van der Waals surface area contributed by atoms with Crippen LogP contribution in [0.3, 0.4) is 0 Å². The number of nitrogens with one attached hydrogen (secondary N) is 1. The summed E-state index contributed by atoms with van der Waals surface area (Å²) in [6, 6.07) is 6.57. The third-order valence-electron chi connectivity index (χ3n) is 4.06. The van der Waals surface area contributed by atoms with Crippen LogP contribution in [0.5, 0.6) is 0 Å². The molecule has 0 amide bonds. The minimum absolute atomic E-state index is 0.0344. The van der Waals surface area contributed by atoms with Crippen molar-refractivity contribution >= 4 is 11.9 Å². The Hall–Kier alpha value is -2.24. The van der Waals surface area contributed by atoms with E-state index < -0.39 is 6.17 Å². The zero-order chi connectivity index (χ0) is 15.9. The van der Waals surface area contributed by atoms with Crippen LogP contribution in [0.4, 0.5) is 16.3 Å². The number of hydrogen-bond acceptors (Lipinski definition) is 5. The second kappa shape index (κ2) is 5.51. The van der Waals surface area contributed by atoms with Crippen LogP contribution in [0.15, 0.2) is 18.2 Å². The highest BCUT2D eigenvalue weighted by Gasteiger charge is 2.30. The van der Waals surface area contributed by atoms with E-state index in [1.807, 2.05) is 0 Å². The zero-order valence-corrected chi connectivity index (χ0v) is 13.0. The summed E-state index contributed by atoms with van der Waals surface area (Å²) in [6.45, 7) is 5.63. The number of rotatable bonds is 3. The molecule has 2 aromatic rings. The molecular formula is C16H20FN5. The van der Waals surface area contributed by atoms with Gasteiger partial charge in [0.2, 0.25) is 11.9 Å². The minimum atomic E-state index is -1.28. The largest absolute Gasteiger partial charge is 0.368 e. The lowest BCUT2D eigenvalue weighted by Gasteiger charge is -2.19. The minimum Gasteiger partial charge on any atom is -0.368 e. The molecule has 0 saturated carbocycles. The number of halogens is 1. The van der Waals surface area contributed by atoms with Gasteiger partial charge >= 0.3 is 0 Å². The van der Waals surface area contributed by atoms with Gasteiger partial charge in [-0.1, -0.05) is 30.7 Å². The Labute approximate surface area is 129 Å². The van der Waals surface area contributed by atoms with Crippen LogP contribution in [0.2, 0.25) is 0 Å². The lowest BCUT2D eigenvalue weighted by molar-refractivity contribution is 0.356. The molecule has 1 aromatic carbocycles. The van der Waals surface area contributed by atoms with Crippen molar-refractivity contribution in [1.82, 2.24) is 15.0 Å². The number of benzene rings is 1. The Balaban J connectivity index is 1.92. The van der Waals surface area contributed by atoms with Gasteiger partial charge in [-0.3, -0.25) is 0 Å². The summed E-state index contributed by atoms with van der Waals surface area (Å²) < 4.78 is 13.4. The lowest BCUT2D eigenvalue weighted by atomic mass is 10.0. The average molecular weight is 301 g/mol. The molecule has 1 aliphatic rings. The Morgan fingerprint density at radius 3 is 2.82 bits per heavy atom. The van der Waals surface area contributed by atoms with Gasteiger partial charge in [0.25, 0.3) is 0 Å². The molecule has 0 spiro atoms. The first-order valence-corrected chi connectivity index (χ1v) is 7.45. The van der Waals surface area contributed by atoms with Crippen LogP contribution in [0, 0.1) is 12.8 Å². The number of aromatic nitrogens is 3. The maximum atomic E-state index is 13.4. The molecule has 3 atom stereocenters. The third-order valence-corrected chi connectivity index (χ3v) is 4.06. The monoisotopic (exact) mass is 301 g/mol. The van der Waals surface area contributed by atoms with Crippen molar-refractivity contribution in [2.45, 2.75) is 39.4 Å².